The van der Waals surface area contributed by atoms with Gasteiger partial charge in [-0.15, -0.1) is 0 Å². The van der Waals surface area contributed by atoms with E-state index < -0.39 is 30.1 Å². The van der Waals surface area contributed by atoms with Gasteiger partial charge in [-0.1, -0.05) is 0 Å². The molecule has 0 spiro atoms. The van der Waals surface area contributed by atoms with Crippen LogP contribution in [0.2, 0.25) is 0 Å². The van der Waals surface area contributed by atoms with Crippen molar-refractivity contribution >= 4 is 17.8 Å². The number of hydrogen-bond donors (Lipinski definition) is 3. The van der Waals surface area contributed by atoms with E-state index in [0.717, 1.165) is 4.90 Å². The van der Waals surface area contributed by atoms with E-state index in [1.807, 2.05) is 0 Å². The van der Waals surface area contributed by atoms with Gasteiger partial charge in [-0.05, 0) is 6.42 Å². The summed E-state index contributed by atoms with van der Waals surface area (Å²) in [5.41, 5.74) is 0. The van der Waals surface area contributed by atoms with E-state index >= 15 is 0 Å². The summed E-state index contributed by atoms with van der Waals surface area (Å²) in [6, 6.07) is -1.63. The van der Waals surface area contributed by atoms with Gasteiger partial charge in [-0.2, -0.15) is 0 Å². The number of hydrogen-bond acceptors (Lipinski definition) is 4. The Morgan fingerprint density at radius 2 is 2.12 bits per heavy atom. The number of aliphatic hydroxyl groups is 1. The lowest BCUT2D eigenvalue weighted by molar-refractivity contribution is -0.149. The zero-order valence-electron chi connectivity index (χ0n) is 9.13. The van der Waals surface area contributed by atoms with Crippen LogP contribution in [0.3, 0.4) is 0 Å². The van der Waals surface area contributed by atoms with E-state index in [4.69, 9.17) is 5.11 Å². The molecule has 0 aromatic heterocycles. The minimum Gasteiger partial charge on any atom is -0.480 e. The van der Waals surface area contributed by atoms with E-state index in [9.17, 15) is 19.5 Å². The lowest BCUT2D eigenvalue weighted by Gasteiger charge is -2.24. The fourth-order valence-corrected chi connectivity index (χ4v) is 2.29. The van der Waals surface area contributed by atoms with E-state index in [1.54, 1.807) is 0 Å². The molecule has 0 bridgehead atoms. The minimum absolute atomic E-state index is 0.0160. The number of amides is 2. The average molecular weight is 242 g/mol. The highest BCUT2D eigenvalue weighted by Crippen LogP contribution is 2.21. The summed E-state index contributed by atoms with van der Waals surface area (Å²) in [6.45, 7) is 0.0160. The fourth-order valence-electron chi connectivity index (χ4n) is 2.29. The van der Waals surface area contributed by atoms with E-state index in [0.29, 0.717) is 6.42 Å². The first kappa shape index (κ1) is 11.8. The number of β-amino-alcohol motifs (C(OH)–C–C–N with tert-alkyl or cyclic N) is 1. The van der Waals surface area contributed by atoms with Crippen molar-refractivity contribution in [3.63, 3.8) is 0 Å². The third-order valence-electron chi connectivity index (χ3n) is 3.14. The van der Waals surface area contributed by atoms with Crippen molar-refractivity contribution in [3.05, 3.63) is 0 Å². The maximum Gasteiger partial charge on any atom is 0.326 e. The topological polar surface area (TPSA) is 107 Å². The molecule has 2 rings (SSSR count). The fraction of sp³-hybridized carbons (Fsp3) is 0.700. The van der Waals surface area contributed by atoms with Crippen LogP contribution < -0.4 is 5.32 Å². The van der Waals surface area contributed by atoms with Gasteiger partial charge < -0.3 is 20.4 Å². The number of aliphatic hydroxyl groups excluding tert-OH is 1. The van der Waals surface area contributed by atoms with Crippen LogP contribution in [0.25, 0.3) is 0 Å². The Morgan fingerprint density at radius 3 is 2.65 bits per heavy atom. The molecule has 7 nitrogen and oxygen atoms in total. The Balaban J connectivity index is 2.07. The normalized spacial score (nSPS) is 32.6. The van der Waals surface area contributed by atoms with Crippen molar-refractivity contribution < 1.29 is 24.6 Å². The van der Waals surface area contributed by atoms with Crippen LogP contribution in [-0.2, 0) is 14.4 Å². The van der Waals surface area contributed by atoms with Gasteiger partial charge in [0, 0.05) is 19.4 Å². The number of likely N-dealkylation sites (tertiary alicyclic amines) is 1. The molecule has 2 aliphatic rings. The van der Waals surface area contributed by atoms with Crippen molar-refractivity contribution in [2.45, 2.75) is 37.5 Å². The predicted molar refractivity (Wildman–Crippen MR) is 54.9 cm³/mol. The average Bonchev–Trinajstić information content (AvgIpc) is 2.83. The molecule has 0 saturated carbocycles. The summed E-state index contributed by atoms with van der Waals surface area (Å²) >= 11 is 0. The number of carbonyl (C=O) groups is 3. The summed E-state index contributed by atoms with van der Waals surface area (Å²) in [5, 5.41) is 20.9. The molecule has 2 aliphatic heterocycles. The Morgan fingerprint density at radius 1 is 1.41 bits per heavy atom. The summed E-state index contributed by atoms with van der Waals surface area (Å²) in [6.07, 6.45) is -0.0970. The zero-order chi connectivity index (χ0) is 12.6. The van der Waals surface area contributed by atoms with Gasteiger partial charge in [0.1, 0.15) is 12.1 Å². The van der Waals surface area contributed by atoms with Crippen molar-refractivity contribution in [1.29, 1.82) is 0 Å². The molecule has 0 aromatic carbocycles. The van der Waals surface area contributed by atoms with Gasteiger partial charge in [-0.3, -0.25) is 9.59 Å². The maximum absolute atomic E-state index is 12.0. The van der Waals surface area contributed by atoms with Crippen molar-refractivity contribution in [1.82, 2.24) is 10.2 Å². The van der Waals surface area contributed by atoms with E-state index in [2.05, 4.69) is 5.32 Å². The Hall–Kier alpha value is -1.63. The highest BCUT2D eigenvalue weighted by molar-refractivity contribution is 5.93. The molecule has 2 saturated heterocycles. The smallest absolute Gasteiger partial charge is 0.326 e. The third kappa shape index (κ3) is 2.23. The van der Waals surface area contributed by atoms with Crippen LogP contribution in [0.1, 0.15) is 19.3 Å². The number of nitrogens with one attached hydrogen (secondary N) is 1. The van der Waals surface area contributed by atoms with Gasteiger partial charge in [0.05, 0.1) is 6.10 Å². The number of carboxylic acid groups (broad SMARTS) is 1. The second kappa shape index (κ2) is 4.33. The molecule has 0 radical (unpaired) electrons. The molecule has 2 fully saturated rings. The molecule has 2 amide bonds. The largest absolute Gasteiger partial charge is 0.480 e. The number of aliphatic carboxylic acids is 1. The molecular weight excluding hydrogens is 228 g/mol. The van der Waals surface area contributed by atoms with Gasteiger partial charge in [-0.25, -0.2) is 4.79 Å². The van der Waals surface area contributed by atoms with Crippen LogP contribution in [0, 0.1) is 0 Å². The molecular formula is C10H14N2O5. The van der Waals surface area contributed by atoms with Gasteiger partial charge in [0.2, 0.25) is 11.8 Å². The van der Waals surface area contributed by atoms with Crippen LogP contribution in [-0.4, -0.2) is 57.6 Å². The van der Waals surface area contributed by atoms with Gasteiger partial charge in [0.25, 0.3) is 0 Å². The number of carbonyl (C=O) groups excluding carboxylic acids is 2. The molecule has 2 heterocycles. The van der Waals surface area contributed by atoms with Crippen LogP contribution in [0.4, 0.5) is 0 Å². The quantitative estimate of drug-likeness (QED) is 0.535. The Kier molecular flexibility index (Phi) is 3.01. The maximum atomic E-state index is 12.0. The Labute approximate surface area is 97.4 Å². The highest BCUT2D eigenvalue weighted by atomic mass is 16.4. The van der Waals surface area contributed by atoms with Crippen molar-refractivity contribution in [2.24, 2.45) is 0 Å². The SMILES string of the molecule is O=C1CC[C@@H](C(=O)N2CC(O)C[C@H]2C(=O)O)N1. The second-order valence-corrected chi connectivity index (χ2v) is 4.39. The summed E-state index contributed by atoms with van der Waals surface area (Å²) in [7, 11) is 0. The highest BCUT2D eigenvalue weighted by Gasteiger charge is 2.42. The van der Waals surface area contributed by atoms with Gasteiger partial charge in [0.15, 0.2) is 0 Å². The standard InChI is InChI=1S/C10H14N2O5/c13-5-3-7(10(16)17)12(4-5)9(15)6-1-2-8(14)11-6/h5-7,13H,1-4H2,(H,11,14)(H,16,17)/t5?,6-,7-/m0/s1. The molecule has 3 atom stereocenters. The van der Waals surface area contributed by atoms with Gasteiger partial charge >= 0.3 is 5.97 Å². The first-order valence-electron chi connectivity index (χ1n) is 5.49. The molecule has 3 N–H and O–H groups in total. The van der Waals surface area contributed by atoms with Crippen LogP contribution in [0.5, 0.6) is 0 Å². The van der Waals surface area contributed by atoms with E-state index in [-0.39, 0.29) is 25.3 Å². The molecule has 0 aliphatic carbocycles. The monoisotopic (exact) mass is 242 g/mol. The number of nitrogens with zero attached hydrogens (tertiary/aromatic N) is 1. The molecule has 1 unspecified atom stereocenters. The zero-order valence-corrected chi connectivity index (χ0v) is 9.13. The molecule has 17 heavy (non-hydrogen) atoms. The second-order valence-electron chi connectivity index (χ2n) is 4.39. The first-order valence-corrected chi connectivity index (χ1v) is 5.49. The Bertz CT molecular complexity index is 370. The number of carboxylic acids is 1. The molecule has 0 aromatic rings. The molecule has 7 heteroatoms. The summed E-state index contributed by atoms with van der Waals surface area (Å²) < 4.78 is 0. The third-order valence-corrected chi connectivity index (χ3v) is 3.14. The van der Waals surface area contributed by atoms with E-state index in [1.165, 1.54) is 0 Å². The van der Waals surface area contributed by atoms with Crippen LogP contribution in [0.15, 0.2) is 0 Å². The van der Waals surface area contributed by atoms with Crippen LogP contribution >= 0.6 is 0 Å². The predicted octanol–water partition coefficient (Wildman–Crippen LogP) is -1.69. The first-order chi connectivity index (χ1) is 7.99. The summed E-state index contributed by atoms with van der Waals surface area (Å²) in [5.74, 6) is -1.74. The van der Waals surface area contributed by atoms with Crippen molar-refractivity contribution in [3.8, 4) is 0 Å². The minimum atomic E-state index is -1.13. The lowest BCUT2D eigenvalue weighted by atomic mass is 10.1. The number of rotatable bonds is 2. The summed E-state index contributed by atoms with van der Waals surface area (Å²) in [4.78, 5) is 35.1. The molecule has 94 valence electrons. The lowest BCUT2D eigenvalue weighted by Crippen LogP contribution is -2.49. The van der Waals surface area contributed by atoms with Crippen molar-refractivity contribution in [2.75, 3.05) is 6.54 Å².